The Kier molecular flexibility index (Phi) is 7.33. The monoisotopic (exact) mass is 561 g/mol. The number of Topliss-reactive ketones (excluding diaryl/α,β-unsaturated/α-hetero) is 1. The van der Waals surface area contributed by atoms with Gasteiger partial charge in [0.2, 0.25) is 0 Å². The van der Waals surface area contributed by atoms with E-state index in [1.807, 2.05) is 68.4 Å². The number of carbonyl (C=O) groups excluding carboxylic acids is 1. The second-order valence-electron chi connectivity index (χ2n) is 11.8. The van der Waals surface area contributed by atoms with Crippen LogP contribution in [0.5, 0.6) is 0 Å². The second kappa shape index (κ2) is 11.1. The molecule has 3 aromatic carbocycles. The lowest BCUT2D eigenvalue weighted by Gasteiger charge is -2.26. The molecule has 0 bridgehead atoms. The molecule has 1 saturated carbocycles. The van der Waals surface area contributed by atoms with Crippen molar-refractivity contribution >= 4 is 33.8 Å². The van der Waals surface area contributed by atoms with Gasteiger partial charge in [-0.3, -0.25) is 9.78 Å². The van der Waals surface area contributed by atoms with Crippen LogP contribution in [0.15, 0.2) is 72.9 Å². The normalized spacial score (nSPS) is 15.7. The Morgan fingerprint density at radius 2 is 1.69 bits per heavy atom. The SMILES string of the molecule is CC(C)CC(N)(C(=O)O)C(=O)c1ccc2c(c1)nc(-c1ccc3nc(-c4ccccc4)cnc3c1)n2C1CCCCC1. The van der Waals surface area contributed by atoms with Crippen molar-refractivity contribution in [3.63, 3.8) is 0 Å². The quantitative estimate of drug-likeness (QED) is 0.157. The van der Waals surface area contributed by atoms with Gasteiger partial charge in [0.1, 0.15) is 5.82 Å². The van der Waals surface area contributed by atoms with Crippen LogP contribution in [0, 0.1) is 5.92 Å². The van der Waals surface area contributed by atoms with E-state index in [2.05, 4.69) is 4.57 Å². The molecule has 0 amide bonds. The van der Waals surface area contributed by atoms with Gasteiger partial charge in [0.15, 0.2) is 11.3 Å². The highest BCUT2D eigenvalue weighted by Crippen LogP contribution is 2.37. The van der Waals surface area contributed by atoms with Crippen molar-refractivity contribution in [2.45, 2.75) is 64.0 Å². The number of hydrogen-bond acceptors (Lipinski definition) is 6. The number of nitrogens with two attached hydrogens (primary N) is 1. The van der Waals surface area contributed by atoms with E-state index in [0.29, 0.717) is 5.52 Å². The summed E-state index contributed by atoms with van der Waals surface area (Å²) < 4.78 is 2.29. The minimum atomic E-state index is -1.99. The summed E-state index contributed by atoms with van der Waals surface area (Å²) in [7, 11) is 0. The maximum absolute atomic E-state index is 13.5. The van der Waals surface area contributed by atoms with Crippen LogP contribution in [-0.2, 0) is 4.79 Å². The molecule has 1 atom stereocenters. The van der Waals surface area contributed by atoms with E-state index in [4.69, 9.17) is 20.7 Å². The number of benzene rings is 3. The van der Waals surface area contributed by atoms with Gasteiger partial charge in [0.05, 0.1) is 34.0 Å². The molecule has 0 spiro atoms. The van der Waals surface area contributed by atoms with E-state index in [1.165, 1.54) is 6.42 Å². The van der Waals surface area contributed by atoms with Crippen molar-refractivity contribution in [2.75, 3.05) is 0 Å². The first kappa shape index (κ1) is 27.7. The number of imidazole rings is 1. The zero-order valence-corrected chi connectivity index (χ0v) is 24.0. The maximum Gasteiger partial charge on any atom is 0.331 e. The molecule has 42 heavy (non-hydrogen) atoms. The van der Waals surface area contributed by atoms with Gasteiger partial charge in [-0.15, -0.1) is 0 Å². The molecule has 214 valence electrons. The number of aliphatic carboxylic acids is 1. The lowest BCUT2D eigenvalue weighted by molar-refractivity contribution is -0.141. The molecular formula is C34H35N5O3. The molecule has 1 fully saturated rings. The summed E-state index contributed by atoms with van der Waals surface area (Å²) in [6, 6.07) is 21.5. The fourth-order valence-electron chi connectivity index (χ4n) is 6.23. The third kappa shape index (κ3) is 5.07. The van der Waals surface area contributed by atoms with Crippen LogP contribution < -0.4 is 5.73 Å². The fraction of sp³-hybridized carbons (Fsp3) is 0.324. The minimum Gasteiger partial charge on any atom is -0.480 e. The van der Waals surface area contributed by atoms with Crippen LogP contribution in [-0.4, -0.2) is 41.9 Å². The van der Waals surface area contributed by atoms with Crippen LogP contribution >= 0.6 is 0 Å². The van der Waals surface area contributed by atoms with Crippen molar-refractivity contribution in [3.8, 4) is 22.6 Å². The average molecular weight is 562 g/mol. The smallest absolute Gasteiger partial charge is 0.331 e. The van der Waals surface area contributed by atoms with E-state index in [9.17, 15) is 14.7 Å². The minimum absolute atomic E-state index is 0.0467. The molecule has 8 nitrogen and oxygen atoms in total. The molecule has 1 aliphatic carbocycles. The van der Waals surface area contributed by atoms with Crippen LogP contribution in [0.2, 0.25) is 0 Å². The van der Waals surface area contributed by atoms with Crippen molar-refractivity contribution in [2.24, 2.45) is 11.7 Å². The molecule has 1 aliphatic rings. The molecule has 1 unspecified atom stereocenters. The molecule has 8 heteroatoms. The summed E-state index contributed by atoms with van der Waals surface area (Å²) in [5.74, 6) is -1.18. The molecule has 3 N–H and O–H groups in total. The number of hydrogen-bond donors (Lipinski definition) is 2. The first-order valence-electron chi connectivity index (χ1n) is 14.7. The highest BCUT2D eigenvalue weighted by molar-refractivity contribution is 6.16. The molecule has 0 aliphatic heterocycles. The first-order valence-corrected chi connectivity index (χ1v) is 14.7. The maximum atomic E-state index is 13.5. The van der Waals surface area contributed by atoms with Gasteiger partial charge in [-0.05, 0) is 61.6 Å². The summed E-state index contributed by atoms with van der Waals surface area (Å²) in [5, 5.41) is 9.89. The Hall–Kier alpha value is -4.43. The fourth-order valence-corrected chi connectivity index (χ4v) is 6.23. The molecule has 0 saturated heterocycles. The zero-order chi connectivity index (χ0) is 29.4. The molecule has 2 heterocycles. The highest BCUT2D eigenvalue weighted by atomic mass is 16.4. The van der Waals surface area contributed by atoms with E-state index in [-0.39, 0.29) is 23.9 Å². The molecule has 2 aromatic heterocycles. The van der Waals surface area contributed by atoms with E-state index in [1.54, 1.807) is 18.3 Å². The van der Waals surface area contributed by atoms with Crippen LogP contribution in [0.25, 0.3) is 44.7 Å². The van der Waals surface area contributed by atoms with Crippen molar-refractivity contribution < 1.29 is 14.7 Å². The Bertz CT molecular complexity index is 1790. The number of nitrogens with zero attached hydrogens (tertiary/aromatic N) is 4. The van der Waals surface area contributed by atoms with E-state index >= 15 is 0 Å². The summed E-state index contributed by atoms with van der Waals surface area (Å²) in [6.45, 7) is 3.71. The molecule has 6 rings (SSSR count). The van der Waals surface area contributed by atoms with Crippen molar-refractivity contribution in [1.29, 1.82) is 0 Å². The van der Waals surface area contributed by atoms with E-state index in [0.717, 1.165) is 64.9 Å². The Morgan fingerprint density at radius 3 is 2.40 bits per heavy atom. The van der Waals surface area contributed by atoms with Gasteiger partial charge < -0.3 is 15.4 Å². The summed E-state index contributed by atoms with van der Waals surface area (Å²) in [6.07, 6.45) is 7.45. The lowest BCUT2D eigenvalue weighted by atomic mass is 9.83. The molecule has 5 aromatic rings. The standard InChI is InChI=1S/C34H35N5O3/c1-21(2)19-34(35,33(41)42)31(40)23-14-16-30-28(17-23)38-32(39(30)25-11-7-4-8-12-25)24-13-15-26-27(18-24)36-20-29(37-26)22-9-5-3-6-10-22/h3,5-6,9-10,13-18,20-21,25H,4,7-8,11-12,19,35H2,1-2H3,(H,41,42). The van der Waals surface area contributed by atoms with Gasteiger partial charge in [0, 0.05) is 22.7 Å². The number of rotatable bonds is 8. The predicted octanol–water partition coefficient (Wildman–Crippen LogP) is 6.83. The topological polar surface area (TPSA) is 124 Å². The number of ketones is 1. The van der Waals surface area contributed by atoms with Gasteiger partial charge >= 0.3 is 5.97 Å². The Labute approximate surface area is 244 Å². The van der Waals surface area contributed by atoms with Gasteiger partial charge in [-0.1, -0.05) is 63.4 Å². The zero-order valence-electron chi connectivity index (χ0n) is 24.0. The average Bonchev–Trinajstić information content (AvgIpc) is 3.39. The second-order valence-corrected chi connectivity index (χ2v) is 11.8. The highest BCUT2D eigenvalue weighted by Gasteiger charge is 2.43. The Morgan fingerprint density at radius 1 is 0.929 bits per heavy atom. The molecule has 0 radical (unpaired) electrons. The van der Waals surface area contributed by atoms with E-state index < -0.39 is 17.3 Å². The summed E-state index contributed by atoms with van der Waals surface area (Å²) in [4.78, 5) is 40.2. The number of carboxylic acids is 1. The first-order chi connectivity index (χ1) is 20.2. The molecular weight excluding hydrogens is 526 g/mol. The van der Waals surface area contributed by atoms with Gasteiger partial charge in [-0.2, -0.15) is 0 Å². The van der Waals surface area contributed by atoms with Crippen LogP contribution in [0.4, 0.5) is 0 Å². The number of aromatic nitrogens is 4. The van der Waals surface area contributed by atoms with Crippen molar-refractivity contribution in [1.82, 2.24) is 19.5 Å². The summed E-state index contributed by atoms with van der Waals surface area (Å²) >= 11 is 0. The Balaban J connectivity index is 1.45. The largest absolute Gasteiger partial charge is 0.480 e. The lowest BCUT2D eigenvalue weighted by Crippen LogP contribution is -2.55. The third-order valence-corrected chi connectivity index (χ3v) is 8.28. The van der Waals surface area contributed by atoms with Crippen LogP contribution in [0.3, 0.4) is 0 Å². The summed E-state index contributed by atoms with van der Waals surface area (Å²) in [5.41, 5.74) is 10.4. The van der Waals surface area contributed by atoms with Gasteiger partial charge in [0.25, 0.3) is 0 Å². The number of carbonyl (C=O) groups is 2. The number of carboxylic acid groups (broad SMARTS) is 1. The predicted molar refractivity (Wildman–Crippen MR) is 164 cm³/mol. The van der Waals surface area contributed by atoms with Crippen molar-refractivity contribution in [3.05, 3.63) is 78.5 Å². The number of fused-ring (bicyclic) bond motifs is 2. The third-order valence-electron chi connectivity index (χ3n) is 8.28. The van der Waals surface area contributed by atoms with Gasteiger partial charge in [-0.25, -0.2) is 14.8 Å². The van der Waals surface area contributed by atoms with Crippen LogP contribution in [0.1, 0.15) is 68.8 Å².